The second-order valence-corrected chi connectivity index (χ2v) is 4.75. The third-order valence-corrected chi connectivity index (χ3v) is 3.80. The van der Waals surface area contributed by atoms with Crippen molar-refractivity contribution in [2.75, 3.05) is 13.1 Å². The van der Waals surface area contributed by atoms with Crippen LogP contribution in [0.2, 0.25) is 0 Å². The molecule has 1 saturated heterocycles. The van der Waals surface area contributed by atoms with Crippen LogP contribution in [0.3, 0.4) is 0 Å². The molecule has 1 fully saturated rings. The van der Waals surface area contributed by atoms with E-state index < -0.39 is 5.60 Å². The molecule has 0 amide bonds. The van der Waals surface area contributed by atoms with E-state index in [1.54, 1.807) is 0 Å². The first-order chi connectivity index (χ1) is 6.73. The molecule has 80 valence electrons. The SMILES string of the molecule is CC1CNCCC1(O)C1=CCCCC1. The Kier molecular flexibility index (Phi) is 2.93. The smallest absolute Gasteiger partial charge is 0.0906 e. The summed E-state index contributed by atoms with van der Waals surface area (Å²) in [4.78, 5) is 0. The highest BCUT2D eigenvalue weighted by Crippen LogP contribution is 2.36. The van der Waals surface area contributed by atoms with Crippen LogP contribution in [0.4, 0.5) is 0 Å². The van der Waals surface area contributed by atoms with Gasteiger partial charge in [-0.15, -0.1) is 0 Å². The summed E-state index contributed by atoms with van der Waals surface area (Å²) in [5, 5.41) is 14.0. The van der Waals surface area contributed by atoms with Gasteiger partial charge in [0.2, 0.25) is 0 Å². The summed E-state index contributed by atoms with van der Waals surface area (Å²) >= 11 is 0. The van der Waals surface area contributed by atoms with E-state index in [-0.39, 0.29) is 0 Å². The van der Waals surface area contributed by atoms with E-state index in [0.717, 1.165) is 32.4 Å². The van der Waals surface area contributed by atoms with Crippen LogP contribution >= 0.6 is 0 Å². The number of hydrogen-bond acceptors (Lipinski definition) is 2. The molecular weight excluding hydrogens is 174 g/mol. The molecule has 14 heavy (non-hydrogen) atoms. The molecule has 1 aliphatic heterocycles. The largest absolute Gasteiger partial charge is 0.385 e. The molecule has 2 nitrogen and oxygen atoms in total. The van der Waals surface area contributed by atoms with Crippen molar-refractivity contribution in [3.05, 3.63) is 11.6 Å². The zero-order chi connectivity index (χ0) is 10.0. The predicted octanol–water partition coefficient (Wildman–Crippen LogP) is 1.85. The highest BCUT2D eigenvalue weighted by Gasteiger charge is 2.39. The van der Waals surface area contributed by atoms with Crippen LogP contribution in [0.25, 0.3) is 0 Å². The van der Waals surface area contributed by atoms with Gasteiger partial charge in [0.1, 0.15) is 0 Å². The van der Waals surface area contributed by atoms with Crippen molar-refractivity contribution in [3.8, 4) is 0 Å². The van der Waals surface area contributed by atoms with Crippen molar-refractivity contribution in [2.45, 2.75) is 44.6 Å². The summed E-state index contributed by atoms with van der Waals surface area (Å²) in [5.74, 6) is 0.362. The lowest BCUT2D eigenvalue weighted by Crippen LogP contribution is -2.50. The van der Waals surface area contributed by atoms with Crippen LogP contribution in [-0.2, 0) is 0 Å². The summed E-state index contributed by atoms with van der Waals surface area (Å²) in [6.45, 7) is 4.06. The van der Waals surface area contributed by atoms with Gasteiger partial charge in [-0.3, -0.25) is 0 Å². The summed E-state index contributed by atoms with van der Waals surface area (Å²) in [6.07, 6.45) is 8.00. The lowest BCUT2D eigenvalue weighted by atomic mass is 9.74. The summed E-state index contributed by atoms with van der Waals surface area (Å²) in [5.41, 5.74) is 0.823. The summed E-state index contributed by atoms with van der Waals surface area (Å²) in [6, 6.07) is 0. The summed E-state index contributed by atoms with van der Waals surface area (Å²) < 4.78 is 0. The van der Waals surface area contributed by atoms with E-state index >= 15 is 0 Å². The Morgan fingerprint density at radius 3 is 3.00 bits per heavy atom. The van der Waals surface area contributed by atoms with Gasteiger partial charge in [0, 0.05) is 12.5 Å². The first kappa shape index (κ1) is 10.2. The second kappa shape index (κ2) is 4.03. The van der Waals surface area contributed by atoms with E-state index in [1.165, 1.54) is 18.4 Å². The van der Waals surface area contributed by atoms with E-state index in [2.05, 4.69) is 18.3 Å². The van der Waals surface area contributed by atoms with Crippen LogP contribution in [0, 0.1) is 5.92 Å². The molecule has 0 aromatic heterocycles. The fraction of sp³-hybridized carbons (Fsp3) is 0.833. The lowest BCUT2D eigenvalue weighted by Gasteiger charge is -2.41. The predicted molar refractivity (Wildman–Crippen MR) is 58.2 cm³/mol. The number of aliphatic hydroxyl groups is 1. The van der Waals surface area contributed by atoms with Crippen LogP contribution in [0.1, 0.15) is 39.0 Å². The molecule has 0 radical (unpaired) electrons. The molecule has 1 heterocycles. The standard InChI is InChI=1S/C12H21NO/c1-10-9-13-8-7-12(10,14)11-5-3-2-4-6-11/h5,10,13-14H,2-4,6-9H2,1H3. The van der Waals surface area contributed by atoms with Gasteiger partial charge < -0.3 is 10.4 Å². The van der Waals surface area contributed by atoms with Gasteiger partial charge in [0.05, 0.1) is 5.60 Å². The number of allylic oxidation sites excluding steroid dienone is 1. The minimum Gasteiger partial charge on any atom is -0.385 e. The normalized spacial score (nSPS) is 39.3. The Bertz CT molecular complexity index is 236. The quantitative estimate of drug-likeness (QED) is 0.626. The van der Waals surface area contributed by atoms with E-state index in [9.17, 15) is 5.11 Å². The first-order valence-corrected chi connectivity index (χ1v) is 5.86. The molecule has 2 N–H and O–H groups in total. The lowest BCUT2D eigenvalue weighted by molar-refractivity contribution is -0.00352. The van der Waals surface area contributed by atoms with Crippen molar-refractivity contribution in [1.29, 1.82) is 0 Å². The average Bonchev–Trinajstić information content (AvgIpc) is 2.24. The van der Waals surface area contributed by atoms with Crippen molar-refractivity contribution in [2.24, 2.45) is 5.92 Å². The molecule has 1 aliphatic carbocycles. The van der Waals surface area contributed by atoms with Gasteiger partial charge >= 0.3 is 0 Å². The van der Waals surface area contributed by atoms with Crippen molar-refractivity contribution >= 4 is 0 Å². The van der Waals surface area contributed by atoms with Gasteiger partial charge in [-0.1, -0.05) is 13.0 Å². The molecule has 2 rings (SSSR count). The number of piperidine rings is 1. The zero-order valence-corrected chi connectivity index (χ0v) is 9.05. The van der Waals surface area contributed by atoms with Crippen molar-refractivity contribution in [1.82, 2.24) is 5.32 Å². The van der Waals surface area contributed by atoms with Crippen LogP contribution in [0.5, 0.6) is 0 Å². The Labute approximate surface area is 86.4 Å². The van der Waals surface area contributed by atoms with Gasteiger partial charge in [-0.25, -0.2) is 0 Å². The monoisotopic (exact) mass is 195 g/mol. The summed E-state index contributed by atoms with van der Waals surface area (Å²) in [7, 11) is 0. The number of nitrogens with one attached hydrogen (secondary N) is 1. The Morgan fingerprint density at radius 1 is 1.50 bits per heavy atom. The Balaban J connectivity index is 2.15. The molecule has 2 aliphatic rings. The van der Waals surface area contributed by atoms with Gasteiger partial charge in [-0.05, 0) is 44.2 Å². The average molecular weight is 195 g/mol. The van der Waals surface area contributed by atoms with Crippen LogP contribution in [-0.4, -0.2) is 23.8 Å². The first-order valence-electron chi connectivity index (χ1n) is 5.86. The van der Waals surface area contributed by atoms with Gasteiger partial charge in [-0.2, -0.15) is 0 Å². The molecule has 0 aromatic rings. The molecule has 0 bridgehead atoms. The third-order valence-electron chi connectivity index (χ3n) is 3.80. The van der Waals surface area contributed by atoms with E-state index in [4.69, 9.17) is 0 Å². The molecule has 2 heteroatoms. The molecular formula is C12H21NO. The highest BCUT2D eigenvalue weighted by atomic mass is 16.3. The molecule has 0 saturated carbocycles. The van der Waals surface area contributed by atoms with Crippen LogP contribution < -0.4 is 5.32 Å². The van der Waals surface area contributed by atoms with Crippen LogP contribution in [0.15, 0.2) is 11.6 Å². The Morgan fingerprint density at radius 2 is 2.36 bits per heavy atom. The number of hydrogen-bond donors (Lipinski definition) is 2. The topological polar surface area (TPSA) is 32.3 Å². The maximum atomic E-state index is 10.7. The molecule has 0 spiro atoms. The van der Waals surface area contributed by atoms with Crippen molar-refractivity contribution < 1.29 is 5.11 Å². The van der Waals surface area contributed by atoms with E-state index in [1.807, 2.05) is 0 Å². The minimum absolute atomic E-state index is 0.362. The van der Waals surface area contributed by atoms with Gasteiger partial charge in [0.25, 0.3) is 0 Å². The number of rotatable bonds is 1. The van der Waals surface area contributed by atoms with Crippen molar-refractivity contribution in [3.63, 3.8) is 0 Å². The molecule has 0 aromatic carbocycles. The fourth-order valence-corrected chi connectivity index (χ4v) is 2.72. The second-order valence-electron chi connectivity index (χ2n) is 4.75. The van der Waals surface area contributed by atoms with E-state index in [0.29, 0.717) is 5.92 Å². The maximum Gasteiger partial charge on any atom is 0.0906 e. The molecule has 2 unspecified atom stereocenters. The highest BCUT2D eigenvalue weighted by molar-refractivity contribution is 5.21. The minimum atomic E-state index is -0.494. The van der Waals surface area contributed by atoms with Gasteiger partial charge in [0.15, 0.2) is 0 Å². The third kappa shape index (κ3) is 1.73. The zero-order valence-electron chi connectivity index (χ0n) is 9.05. The Hall–Kier alpha value is -0.340. The fourth-order valence-electron chi connectivity index (χ4n) is 2.72. The maximum absolute atomic E-state index is 10.7. The molecule has 2 atom stereocenters.